The van der Waals surface area contributed by atoms with Gasteiger partial charge < -0.3 is 5.32 Å². The van der Waals surface area contributed by atoms with Gasteiger partial charge in [0, 0.05) is 13.6 Å². The van der Waals surface area contributed by atoms with Crippen LogP contribution in [0.25, 0.3) is 0 Å². The van der Waals surface area contributed by atoms with E-state index in [0.717, 1.165) is 29.7 Å². The van der Waals surface area contributed by atoms with Crippen molar-refractivity contribution in [1.29, 1.82) is 0 Å². The van der Waals surface area contributed by atoms with E-state index in [2.05, 4.69) is 11.4 Å². The Bertz CT molecular complexity index is 993. The Kier molecular flexibility index (Phi) is 6.02. The summed E-state index contributed by atoms with van der Waals surface area (Å²) in [7, 11) is 3.12. The number of amides is 4. The summed E-state index contributed by atoms with van der Waals surface area (Å²) in [5.41, 5.74) is 2.82. The van der Waals surface area contributed by atoms with E-state index in [1.54, 1.807) is 17.7 Å². The lowest BCUT2D eigenvalue weighted by Gasteiger charge is -2.27. The van der Waals surface area contributed by atoms with Gasteiger partial charge >= 0.3 is 6.03 Å². The summed E-state index contributed by atoms with van der Waals surface area (Å²) in [5, 5.41) is 3.02. The van der Waals surface area contributed by atoms with Crippen molar-refractivity contribution >= 4 is 23.7 Å². The molecule has 0 saturated carbocycles. The van der Waals surface area contributed by atoms with Crippen molar-refractivity contribution < 1.29 is 19.0 Å². The molecular weight excluding hydrogens is 392 g/mol. The van der Waals surface area contributed by atoms with Gasteiger partial charge in [0.15, 0.2) is 11.6 Å². The van der Waals surface area contributed by atoms with Crippen molar-refractivity contribution in [3.8, 4) is 0 Å². The van der Waals surface area contributed by atoms with Gasteiger partial charge in [-0.25, -0.2) is 14.3 Å². The second-order valence-electron chi connectivity index (χ2n) is 8.31. The van der Waals surface area contributed by atoms with E-state index in [1.807, 2.05) is 30.3 Å². The molecule has 31 heavy (non-hydrogen) atoms. The third-order valence-corrected chi connectivity index (χ3v) is 6.22. The van der Waals surface area contributed by atoms with Crippen LogP contribution in [0, 0.1) is 5.92 Å². The number of amidine groups is 1. The fourth-order valence-electron chi connectivity index (χ4n) is 4.50. The van der Waals surface area contributed by atoms with Gasteiger partial charge in [-0.15, -0.1) is 0 Å². The average Bonchev–Trinajstić information content (AvgIpc) is 3.17. The lowest BCUT2D eigenvalue weighted by molar-refractivity contribution is -0.490. The molecule has 0 aromatic heterocycles. The minimum absolute atomic E-state index is 0.217. The van der Waals surface area contributed by atoms with Gasteiger partial charge in [-0.3, -0.25) is 9.59 Å². The molecule has 7 nitrogen and oxygen atoms in total. The van der Waals surface area contributed by atoms with E-state index in [9.17, 15) is 14.4 Å². The summed E-state index contributed by atoms with van der Waals surface area (Å²) in [4.78, 5) is 41.1. The van der Waals surface area contributed by atoms with Crippen molar-refractivity contribution in [3.05, 3.63) is 59.3 Å². The van der Waals surface area contributed by atoms with Gasteiger partial charge in [-0.05, 0) is 43.7 Å². The van der Waals surface area contributed by atoms with E-state index >= 15 is 0 Å². The van der Waals surface area contributed by atoms with Gasteiger partial charge in [0.05, 0.1) is 7.05 Å². The van der Waals surface area contributed by atoms with Crippen LogP contribution in [0.15, 0.2) is 53.8 Å². The Morgan fingerprint density at radius 3 is 2.61 bits per heavy atom. The Morgan fingerprint density at radius 2 is 1.90 bits per heavy atom. The minimum Gasteiger partial charge on any atom is -0.349 e. The van der Waals surface area contributed by atoms with Crippen molar-refractivity contribution in [2.75, 3.05) is 20.6 Å². The van der Waals surface area contributed by atoms with E-state index in [0.29, 0.717) is 24.6 Å². The Hall–Kier alpha value is -3.22. The lowest BCUT2D eigenvalue weighted by Crippen LogP contribution is -2.57. The summed E-state index contributed by atoms with van der Waals surface area (Å²) in [5.74, 6) is -0.632. The van der Waals surface area contributed by atoms with Crippen LogP contribution in [-0.2, 0) is 16.1 Å². The van der Waals surface area contributed by atoms with E-state index in [4.69, 9.17) is 0 Å². The largest absolute Gasteiger partial charge is 0.417 e. The monoisotopic (exact) mass is 421 g/mol. The zero-order chi connectivity index (χ0) is 22.0. The highest BCUT2D eigenvalue weighted by Crippen LogP contribution is 2.27. The maximum absolute atomic E-state index is 13.1. The highest BCUT2D eigenvalue weighted by atomic mass is 16.2. The molecule has 2 aliphatic heterocycles. The van der Waals surface area contributed by atoms with E-state index in [-0.39, 0.29) is 11.8 Å². The Labute approximate surface area is 182 Å². The van der Waals surface area contributed by atoms with Gasteiger partial charge in [0.2, 0.25) is 0 Å². The third-order valence-electron chi connectivity index (χ3n) is 6.22. The molecule has 0 bridgehead atoms. The fraction of sp³-hybridized carbons (Fsp3) is 0.417. The SMILES string of the molecule is CN1C(=O)C2C=C(C(=O)NCCC3=CCCCC3)[N+](Cc3ccccc3)=C2N(C)C1=O. The van der Waals surface area contributed by atoms with E-state index < -0.39 is 11.9 Å². The van der Waals surface area contributed by atoms with E-state index in [1.165, 1.54) is 30.4 Å². The molecule has 1 unspecified atom stereocenters. The van der Waals surface area contributed by atoms with Crippen LogP contribution in [0.5, 0.6) is 0 Å². The Morgan fingerprint density at radius 1 is 1.13 bits per heavy atom. The summed E-state index contributed by atoms with van der Waals surface area (Å²) in [6.07, 6.45) is 9.50. The van der Waals surface area contributed by atoms with Gasteiger partial charge in [0.25, 0.3) is 17.6 Å². The maximum atomic E-state index is 13.1. The number of rotatable bonds is 6. The van der Waals surface area contributed by atoms with Crippen LogP contribution in [0.1, 0.15) is 37.7 Å². The molecule has 1 N–H and O–H groups in total. The molecule has 1 aliphatic carbocycles. The topological polar surface area (TPSA) is 72.7 Å². The predicted octanol–water partition coefficient (Wildman–Crippen LogP) is 2.64. The second kappa shape index (κ2) is 8.88. The summed E-state index contributed by atoms with van der Waals surface area (Å²) < 4.78 is 1.80. The predicted molar refractivity (Wildman–Crippen MR) is 117 cm³/mol. The molecule has 4 rings (SSSR count). The number of imide groups is 1. The van der Waals surface area contributed by atoms with Crippen LogP contribution >= 0.6 is 0 Å². The molecule has 0 radical (unpaired) electrons. The molecule has 1 atom stereocenters. The van der Waals surface area contributed by atoms with Crippen LogP contribution in [-0.4, -0.2) is 58.7 Å². The minimum atomic E-state index is -0.641. The smallest absolute Gasteiger partial charge is 0.349 e. The first-order chi connectivity index (χ1) is 15.0. The first-order valence-electron chi connectivity index (χ1n) is 10.9. The molecule has 1 saturated heterocycles. The van der Waals surface area contributed by atoms with Gasteiger partial charge in [0.1, 0.15) is 6.54 Å². The molecule has 4 amide bonds. The summed E-state index contributed by atoms with van der Waals surface area (Å²) in [6.45, 7) is 0.968. The number of nitrogens with one attached hydrogen (secondary N) is 1. The Balaban J connectivity index is 1.59. The van der Waals surface area contributed by atoms with Crippen molar-refractivity contribution in [3.63, 3.8) is 0 Å². The van der Waals surface area contributed by atoms with Crippen molar-refractivity contribution in [1.82, 2.24) is 15.1 Å². The van der Waals surface area contributed by atoms with Crippen LogP contribution in [0.2, 0.25) is 0 Å². The molecule has 1 aromatic rings. The molecule has 7 heteroatoms. The number of hydrogen-bond donors (Lipinski definition) is 1. The first kappa shape index (κ1) is 21.0. The number of fused-ring (bicyclic) bond motifs is 1. The fourth-order valence-corrected chi connectivity index (χ4v) is 4.50. The zero-order valence-electron chi connectivity index (χ0n) is 18.1. The van der Waals surface area contributed by atoms with Crippen LogP contribution < -0.4 is 5.32 Å². The highest BCUT2D eigenvalue weighted by molar-refractivity contribution is 6.19. The summed E-state index contributed by atoms with van der Waals surface area (Å²) >= 11 is 0. The zero-order valence-corrected chi connectivity index (χ0v) is 18.1. The van der Waals surface area contributed by atoms with Crippen LogP contribution in [0.4, 0.5) is 4.79 Å². The average molecular weight is 422 g/mol. The molecule has 3 aliphatic rings. The number of hydrogen-bond acceptors (Lipinski definition) is 3. The third kappa shape index (κ3) is 4.17. The number of urea groups is 1. The molecule has 1 aromatic carbocycles. The summed E-state index contributed by atoms with van der Waals surface area (Å²) in [6, 6.07) is 9.35. The number of nitrogens with zero attached hydrogens (tertiary/aromatic N) is 3. The second-order valence-corrected chi connectivity index (χ2v) is 8.31. The molecule has 162 valence electrons. The number of allylic oxidation sites excluding steroid dienone is 1. The van der Waals surface area contributed by atoms with Gasteiger partial charge in [-0.2, -0.15) is 4.90 Å². The first-order valence-corrected chi connectivity index (χ1v) is 10.9. The molecule has 1 fully saturated rings. The normalized spacial score (nSPS) is 21.2. The molecular formula is C24H29N4O3+. The quantitative estimate of drug-likeness (QED) is 0.567. The van der Waals surface area contributed by atoms with Gasteiger partial charge in [-0.1, -0.05) is 42.0 Å². The van der Waals surface area contributed by atoms with Crippen molar-refractivity contribution in [2.45, 2.75) is 38.6 Å². The number of benzene rings is 1. The highest BCUT2D eigenvalue weighted by Gasteiger charge is 2.51. The standard InChI is InChI=1S/C24H28N4O3/c1-26-22-19(23(30)27(2)24(26)31)15-20(28(22)16-18-11-7-4-8-12-18)21(29)25-14-13-17-9-5-3-6-10-17/h4,7-9,11-12,15,19H,3,5-6,10,13-14,16H2,1-2H3/p+1. The maximum Gasteiger partial charge on any atom is 0.417 e. The van der Waals surface area contributed by atoms with Crippen molar-refractivity contribution in [2.24, 2.45) is 5.92 Å². The number of carbonyl (C=O) groups is 3. The number of carbonyl (C=O) groups excluding carboxylic acids is 3. The van der Waals surface area contributed by atoms with Crippen LogP contribution in [0.3, 0.4) is 0 Å². The lowest BCUT2D eigenvalue weighted by atomic mass is 9.97. The molecule has 2 heterocycles. The molecule has 0 spiro atoms.